The minimum absolute atomic E-state index is 0.865. The van der Waals surface area contributed by atoms with Crippen LogP contribution in [0, 0.1) is 13.8 Å². The molecule has 0 aliphatic carbocycles. The number of nitrogens with one attached hydrogen (secondary N) is 1. The summed E-state index contributed by atoms with van der Waals surface area (Å²) in [7, 11) is 0. The number of anilines is 2. The van der Waals surface area contributed by atoms with E-state index in [4.69, 9.17) is 0 Å². The largest absolute Gasteiger partial charge is 0.339 e. The molecule has 3 aromatic rings. The molecule has 3 rings (SSSR count). The number of nitrogens with zero attached hydrogens (tertiary/aromatic N) is 2. The fourth-order valence-electron chi connectivity index (χ4n) is 2.21. The topological polar surface area (TPSA) is 37.8 Å². The van der Waals surface area contributed by atoms with Crippen LogP contribution in [-0.4, -0.2) is 9.97 Å². The highest BCUT2D eigenvalue weighted by molar-refractivity contribution is 9.10. The molecule has 0 radical (unpaired) electrons. The Balaban J connectivity index is 2.10. The molecule has 0 unspecified atom stereocenters. The average Bonchev–Trinajstić information content (AvgIpc) is 2.41. The van der Waals surface area contributed by atoms with E-state index in [0.717, 1.165) is 38.1 Å². The van der Waals surface area contributed by atoms with E-state index >= 15 is 0 Å². The molecule has 100 valence electrons. The first-order chi connectivity index (χ1) is 9.63. The van der Waals surface area contributed by atoms with Crippen molar-refractivity contribution in [1.29, 1.82) is 0 Å². The van der Waals surface area contributed by atoms with E-state index < -0.39 is 0 Å². The van der Waals surface area contributed by atoms with E-state index in [1.165, 1.54) is 0 Å². The normalized spacial score (nSPS) is 10.8. The molecule has 3 nitrogen and oxygen atoms in total. The third kappa shape index (κ3) is 2.51. The molecule has 2 heterocycles. The van der Waals surface area contributed by atoms with Gasteiger partial charge in [0.1, 0.15) is 5.82 Å². The first kappa shape index (κ1) is 13.1. The lowest BCUT2D eigenvalue weighted by Gasteiger charge is -2.12. The highest BCUT2D eigenvalue weighted by Gasteiger charge is 2.06. The molecular weight excluding hydrogens is 314 g/mol. The number of hydrogen-bond acceptors (Lipinski definition) is 3. The van der Waals surface area contributed by atoms with Gasteiger partial charge in [-0.05, 0) is 53.5 Å². The van der Waals surface area contributed by atoms with Crippen molar-refractivity contribution in [1.82, 2.24) is 9.97 Å². The molecule has 1 N–H and O–H groups in total. The Hall–Kier alpha value is -1.94. The lowest BCUT2D eigenvalue weighted by Crippen LogP contribution is -1.98. The SMILES string of the molecule is Cc1cc(Nc2ncc(Br)cc2C)c2ccccc2n1. The molecule has 0 atom stereocenters. The maximum Gasteiger partial charge on any atom is 0.133 e. The zero-order chi connectivity index (χ0) is 14.1. The lowest BCUT2D eigenvalue weighted by atomic mass is 10.1. The van der Waals surface area contributed by atoms with Crippen molar-refractivity contribution in [3.05, 3.63) is 58.3 Å². The molecule has 0 saturated carbocycles. The van der Waals surface area contributed by atoms with Gasteiger partial charge in [-0.3, -0.25) is 4.98 Å². The van der Waals surface area contributed by atoms with Crippen LogP contribution in [0.15, 0.2) is 47.1 Å². The Morgan fingerprint density at radius 1 is 1.10 bits per heavy atom. The van der Waals surface area contributed by atoms with E-state index in [1.54, 1.807) is 6.20 Å². The number of para-hydroxylation sites is 1. The Kier molecular flexibility index (Phi) is 3.40. The van der Waals surface area contributed by atoms with Gasteiger partial charge in [-0.25, -0.2) is 4.98 Å². The minimum Gasteiger partial charge on any atom is -0.339 e. The predicted molar refractivity (Wildman–Crippen MR) is 86.4 cm³/mol. The van der Waals surface area contributed by atoms with E-state index in [1.807, 2.05) is 44.2 Å². The van der Waals surface area contributed by atoms with Crippen molar-refractivity contribution >= 4 is 38.3 Å². The van der Waals surface area contributed by atoms with Gasteiger partial charge in [0, 0.05) is 21.7 Å². The predicted octanol–water partition coefficient (Wildman–Crippen LogP) is 4.75. The van der Waals surface area contributed by atoms with Gasteiger partial charge in [-0.15, -0.1) is 0 Å². The molecule has 0 fully saturated rings. The van der Waals surface area contributed by atoms with E-state index in [2.05, 4.69) is 37.3 Å². The molecule has 0 saturated heterocycles. The van der Waals surface area contributed by atoms with Gasteiger partial charge in [0.05, 0.1) is 11.2 Å². The smallest absolute Gasteiger partial charge is 0.133 e. The van der Waals surface area contributed by atoms with Crippen LogP contribution in [0.25, 0.3) is 10.9 Å². The average molecular weight is 328 g/mol. The van der Waals surface area contributed by atoms with Crippen molar-refractivity contribution in [2.75, 3.05) is 5.32 Å². The minimum atomic E-state index is 0.865. The van der Waals surface area contributed by atoms with Crippen LogP contribution in [0.2, 0.25) is 0 Å². The van der Waals surface area contributed by atoms with Crippen molar-refractivity contribution in [3.63, 3.8) is 0 Å². The molecule has 0 spiro atoms. The number of hydrogen-bond donors (Lipinski definition) is 1. The van der Waals surface area contributed by atoms with Crippen LogP contribution in [0.5, 0.6) is 0 Å². The molecule has 2 aromatic heterocycles. The van der Waals surface area contributed by atoms with Crippen LogP contribution in [0.4, 0.5) is 11.5 Å². The van der Waals surface area contributed by atoms with Crippen LogP contribution in [-0.2, 0) is 0 Å². The molecule has 20 heavy (non-hydrogen) atoms. The van der Waals surface area contributed by atoms with Gasteiger partial charge in [0.2, 0.25) is 0 Å². The number of benzene rings is 1. The monoisotopic (exact) mass is 327 g/mol. The summed E-state index contributed by atoms with van der Waals surface area (Å²) in [6.07, 6.45) is 1.80. The molecule has 0 amide bonds. The summed E-state index contributed by atoms with van der Waals surface area (Å²) in [5, 5.41) is 4.51. The molecule has 0 aliphatic heterocycles. The summed E-state index contributed by atoms with van der Waals surface area (Å²) in [6, 6.07) is 12.2. The highest BCUT2D eigenvalue weighted by atomic mass is 79.9. The second-order valence-electron chi connectivity index (χ2n) is 4.77. The molecule has 0 bridgehead atoms. The van der Waals surface area contributed by atoms with Gasteiger partial charge in [-0.2, -0.15) is 0 Å². The zero-order valence-electron chi connectivity index (χ0n) is 11.3. The van der Waals surface area contributed by atoms with E-state index in [0.29, 0.717) is 0 Å². The fraction of sp³-hybridized carbons (Fsp3) is 0.125. The van der Waals surface area contributed by atoms with Gasteiger partial charge in [0.25, 0.3) is 0 Å². The third-order valence-corrected chi connectivity index (χ3v) is 3.58. The quantitative estimate of drug-likeness (QED) is 0.737. The number of aromatic nitrogens is 2. The summed E-state index contributed by atoms with van der Waals surface area (Å²) in [6.45, 7) is 4.04. The number of pyridine rings is 2. The molecular formula is C16H14BrN3. The third-order valence-electron chi connectivity index (χ3n) is 3.14. The standard InChI is InChI=1S/C16H14BrN3/c1-10-7-12(17)9-18-16(10)20-15-8-11(2)19-14-6-4-3-5-13(14)15/h3-9H,1-2H3,(H,18,19,20). The van der Waals surface area contributed by atoms with Crippen LogP contribution in [0.1, 0.15) is 11.3 Å². The number of aryl methyl sites for hydroxylation is 2. The fourth-order valence-corrected chi connectivity index (χ4v) is 2.66. The van der Waals surface area contributed by atoms with Gasteiger partial charge in [-0.1, -0.05) is 18.2 Å². The zero-order valence-corrected chi connectivity index (χ0v) is 12.9. The van der Waals surface area contributed by atoms with Crippen LogP contribution < -0.4 is 5.32 Å². The Morgan fingerprint density at radius 2 is 1.90 bits per heavy atom. The van der Waals surface area contributed by atoms with Crippen molar-refractivity contribution < 1.29 is 0 Å². The maximum atomic E-state index is 4.55. The lowest BCUT2D eigenvalue weighted by molar-refractivity contribution is 1.22. The molecule has 1 aromatic carbocycles. The first-order valence-electron chi connectivity index (χ1n) is 6.39. The molecule has 0 aliphatic rings. The number of halogens is 1. The Bertz CT molecular complexity index is 784. The number of fused-ring (bicyclic) bond motifs is 1. The van der Waals surface area contributed by atoms with E-state index in [-0.39, 0.29) is 0 Å². The van der Waals surface area contributed by atoms with Gasteiger partial charge < -0.3 is 5.32 Å². The highest BCUT2D eigenvalue weighted by Crippen LogP contribution is 2.27. The summed E-state index contributed by atoms with van der Waals surface area (Å²) in [5.74, 6) is 0.865. The van der Waals surface area contributed by atoms with E-state index in [9.17, 15) is 0 Å². The second-order valence-corrected chi connectivity index (χ2v) is 5.69. The van der Waals surface area contributed by atoms with Crippen molar-refractivity contribution in [2.45, 2.75) is 13.8 Å². The van der Waals surface area contributed by atoms with Gasteiger partial charge >= 0.3 is 0 Å². The first-order valence-corrected chi connectivity index (χ1v) is 7.18. The van der Waals surface area contributed by atoms with Gasteiger partial charge in [0.15, 0.2) is 0 Å². The Morgan fingerprint density at radius 3 is 2.70 bits per heavy atom. The second kappa shape index (κ2) is 5.21. The summed E-state index contributed by atoms with van der Waals surface area (Å²) in [4.78, 5) is 8.98. The van der Waals surface area contributed by atoms with Crippen LogP contribution >= 0.6 is 15.9 Å². The maximum absolute atomic E-state index is 4.55. The van der Waals surface area contributed by atoms with Crippen LogP contribution in [0.3, 0.4) is 0 Å². The van der Waals surface area contributed by atoms with Crippen molar-refractivity contribution in [2.24, 2.45) is 0 Å². The molecule has 4 heteroatoms. The summed E-state index contributed by atoms with van der Waals surface area (Å²) in [5.41, 5.74) is 4.11. The summed E-state index contributed by atoms with van der Waals surface area (Å²) >= 11 is 3.43. The number of rotatable bonds is 2. The summed E-state index contributed by atoms with van der Waals surface area (Å²) < 4.78 is 0.983. The van der Waals surface area contributed by atoms with Crippen molar-refractivity contribution in [3.8, 4) is 0 Å². The Labute approximate surface area is 126 Å².